The third-order valence-electron chi connectivity index (χ3n) is 4.16. The molecular weight excluding hydrogens is 311 g/mol. The molecule has 0 amide bonds. The summed E-state index contributed by atoms with van der Waals surface area (Å²) in [6.45, 7) is 0.962. The molecular formula is C15H18Cl2N2S. The summed E-state index contributed by atoms with van der Waals surface area (Å²) in [4.78, 5) is 4.75. The topological polar surface area (TPSA) is 24.4 Å². The number of hydrogen-bond donors (Lipinski definition) is 1. The minimum absolute atomic E-state index is 0.464. The fourth-order valence-corrected chi connectivity index (χ4v) is 4.40. The Morgan fingerprint density at radius 3 is 2.55 bits per heavy atom. The maximum Gasteiger partial charge on any atom is 0.161 e. The number of hydrogen-bond acceptors (Lipinski definition) is 3. The molecule has 20 heavy (non-hydrogen) atoms. The van der Waals surface area contributed by atoms with Crippen LogP contribution in [0.1, 0.15) is 32.1 Å². The molecule has 0 radical (unpaired) electrons. The molecule has 1 aliphatic carbocycles. The summed E-state index contributed by atoms with van der Waals surface area (Å²) in [5.41, 5.74) is 1.41. The fraction of sp³-hybridized carbons (Fsp3) is 0.533. The largest absolute Gasteiger partial charge is 0.335 e. The Bertz CT molecular complexity index is 525. The van der Waals surface area contributed by atoms with Gasteiger partial charge in [0.1, 0.15) is 0 Å². The lowest BCUT2D eigenvalue weighted by atomic mass is 9.75. The molecule has 0 unspecified atom stereocenters. The normalized spacial score (nSPS) is 21.6. The smallest absolute Gasteiger partial charge is 0.161 e. The van der Waals surface area contributed by atoms with Crippen molar-refractivity contribution in [1.82, 2.24) is 0 Å². The van der Waals surface area contributed by atoms with Gasteiger partial charge < -0.3 is 5.32 Å². The quantitative estimate of drug-likeness (QED) is 0.740. The molecule has 0 bridgehead atoms. The van der Waals surface area contributed by atoms with Crippen molar-refractivity contribution in [2.24, 2.45) is 10.4 Å². The van der Waals surface area contributed by atoms with Crippen molar-refractivity contribution in [2.45, 2.75) is 32.1 Å². The minimum atomic E-state index is 0.464. The van der Waals surface area contributed by atoms with Crippen molar-refractivity contribution < 1.29 is 0 Å². The van der Waals surface area contributed by atoms with E-state index in [0.717, 1.165) is 17.4 Å². The number of aliphatic imine (C=N–C) groups is 1. The van der Waals surface area contributed by atoms with E-state index >= 15 is 0 Å². The number of rotatable bonds is 1. The van der Waals surface area contributed by atoms with E-state index in [2.05, 4.69) is 5.32 Å². The van der Waals surface area contributed by atoms with Crippen molar-refractivity contribution in [3.63, 3.8) is 0 Å². The van der Waals surface area contributed by atoms with Crippen LogP contribution in [-0.4, -0.2) is 17.5 Å². The highest BCUT2D eigenvalue weighted by Crippen LogP contribution is 2.42. The average Bonchev–Trinajstić information content (AvgIpc) is 2.47. The van der Waals surface area contributed by atoms with Gasteiger partial charge in [-0.25, -0.2) is 0 Å². The predicted octanol–water partition coefficient (Wildman–Crippen LogP) is 5.46. The average molecular weight is 329 g/mol. The van der Waals surface area contributed by atoms with Crippen molar-refractivity contribution in [3.05, 3.63) is 28.2 Å². The lowest BCUT2D eigenvalue weighted by Gasteiger charge is -2.38. The van der Waals surface area contributed by atoms with Crippen LogP contribution in [0.5, 0.6) is 0 Å². The number of thioether (sulfide) groups is 1. The van der Waals surface area contributed by atoms with Crippen LogP contribution in [0.4, 0.5) is 5.69 Å². The van der Waals surface area contributed by atoms with Crippen LogP contribution in [0.3, 0.4) is 0 Å². The molecule has 1 aromatic carbocycles. The standard InChI is InChI=1S/C15H18Cl2N2S/c16-12-5-4-11(8-13(12)17)19-14-18-9-15(10-20-14)6-2-1-3-7-15/h4-5,8H,1-3,6-7,9-10H2,(H,18,19). The molecule has 5 heteroatoms. The van der Waals surface area contributed by atoms with Crippen LogP contribution in [0.15, 0.2) is 23.2 Å². The van der Waals surface area contributed by atoms with E-state index in [9.17, 15) is 0 Å². The van der Waals surface area contributed by atoms with Crippen LogP contribution in [0.2, 0.25) is 10.0 Å². The van der Waals surface area contributed by atoms with Crippen molar-refractivity contribution in [1.29, 1.82) is 0 Å². The number of benzene rings is 1. The maximum atomic E-state index is 6.03. The predicted molar refractivity (Wildman–Crippen MR) is 90.4 cm³/mol. The summed E-state index contributed by atoms with van der Waals surface area (Å²) in [5.74, 6) is 1.18. The van der Waals surface area contributed by atoms with Gasteiger partial charge in [0.15, 0.2) is 5.17 Å². The molecule has 1 N–H and O–H groups in total. The van der Waals surface area contributed by atoms with Gasteiger partial charge in [-0.2, -0.15) is 0 Å². The Labute approximate surface area is 134 Å². The maximum absolute atomic E-state index is 6.03. The zero-order chi connectivity index (χ0) is 14.0. The van der Waals surface area contributed by atoms with Gasteiger partial charge in [-0.05, 0) is 36.5 Å². The summed E-state index contributed by atoms with van der Waals surface area (Å²) in [5, 5.41) is 5.49. The summed E-state index contributed by atoms with van der Waals surface area (Å²) >= 11 is 13.8. The summed E-state index contributed by atoms with van der Waals surface area (Å²) in [6, 6.07) is 5.59. The van der Waals surface area contributed by atoms with Crippen molar-refractivity contribution >= 4 is 45.8 Å². The third-order valence-corrected chi connectivity index (χ3v) is 6.16. The molecule has 0 atom stereocenters. The molecule has 2 nitrogen and oxygen atoms in total. The zero-order valence-corrected chi connectivity index (χ0v) is 13.6. The Hall–Kier alpha value is -0.380. The third kappa shape index (κ3) is 3.26. The molecule has 0 saturated heterocycles. The van der Waals surface area contributed by atoms with Crippen molar-refractivity contribution in [3.8, 4) is 0 Å². The molecule has 0 aromatic heterocycles. The van der Waals surface area contributed by atoms with E-state index in [4.69, 9.17) is 28.2 Å². The fourth-order valence-electron chi connectivity index (χ4n) is 2.93. The minimum Gasteiger partial charge on any atom is -0.335 e. The number of anilines is 1. The molecule has 2 aliphatic rings. The van der Waals surface area contributed by atoms with E-state index in [-0.39, 0.29) is 0 Å². The van der Waals surface area contributed by atoms with Crippen molar-refractivity contribution in [2.75, 3.05) is 17.6 Å². The van der Waals surface area contributed by atoms with Crippen LogP contribution in [0, 0.1) is 5.41 Å². The number of nitrogens with one attached hydrogen (secondary N) is 1. The second kappa shape index (κ2) is 6.17. The highest BCUT2D eigenvalue weighted by atomic mass is 35.5. The molecule has 1 aromatic rings. The second-order valence-electron chi connectivity index (χ2n) is 5.72. The van der Waals surface area contributed by atoms with Gasteiger partial charge in [0.05, 0.1) is 10.0 Å². The van der Waals surface area contributed by atoms with Crippen LogP contribution < -0.4 is 5.32 Å². The molecule has 1 aliphatic heterocycles. The first-order valence-electron chi connectivity index (χ1n) is 7.06. The Kier molecular flexibility index (Phi) is 4.49. The summed E-state index contributed by atoms with van der Waals surface area (Å²) in [6.07, 6.45) is 6.80. The van der Waals surface area contributed by atoms with Gasteiger partial charge in [-0.15, -0.1) is 0 Å². The molecule has 1 heterocycles. The Morgan fingerprint density at radius 1 is 1.10 bits per heavy atom. The number of nitrogens with zero attached hydrogens (tertiary/aromatic N) is 1. The van der Waals surface area contributed by atoms with Gasteiger partial charge in [-0.3, -0.25) is 4.99 Å². The summed E-state index contributed by atoms with van der Waals surface area (Å²) in [7, 11) is 0. The van der Waals surface area contributed by atoms with E-state index in [0.29, 0.717) is 15.5 Å². The second-order valence-corrected chi connectivity index (χ2v) is 7.50. The van der Waals surface area contributed by atoms with Crippen LogP contribution >= 0.6 is 35.0 Å². The monoisotopic (exact) mass is 328 g/mol. The Morgan fingerprint density at radius 2 is 1.90 bits per heavy atom. The Balaban J connectivity index is 1.65. The molecule has 108 valence electrons. The van der Waals surface area contributed by atoms with Crippen LogP contribution in [-0.2, 0) is 0 Å². The SMILES string of the molecule is Clc1ccc(NC2=NCC3(CCCCC3)CS2)cc1Cl. The molecule has 1 spiro atoms. The van der Waals surface area contributed by atoms with E-state index < -0.39 is 0 Å². The van der Waals surface area contributed by atoms with Gasteiger partial charge >= 0.3 is 0 Å². The highest BCUT2D eigenvalue weighted by molar-refractivity contribution is 8.14. The molecule has 1 saturated carbocycles. The van der Waals surface area contributed by atoms with Gasteiger partial charge in [0.25, 0.3) is 0 Å². The van der Waals surface area contributed by atoms with Gasteiger partial charge in [-0.1, -0.05) is 54.2 Å². The summed E-state index contributed by atoms with van der Waals surface area (Å²) < 4.78 is 0. The first kappa shape index (κ1) is 14.6. The van der Waals surface area contributed by atoms with E-state index in [1.807, 2.05) is 30.0 Å². The lowest BCUT2D eigenvalue weighted by Crippen LogP contribution is -2.35. The highest BCUT2D eigenvalue weighted by Gasteiger charge is 2.34. The van der Waals surface area contributed by atoms with E-state index in [1.165, 1.54) is 37.9 Å². The molecule has 1 fully saturated rings. The number of amidine groups is 1. The van der Waals surface area contributed by atoms with Gasteiger partial charge in [0, 0.05) is 18.0 Å². The lowest BCUT2D eigenvalue weighted by molar-refractivity contribution is 0.232. The van der Waals surface area contributed by atoms with Crippen LogP contribution in [0.25, 0.3) is 0 Å². The zero-order valence-electron chi connectivity index (χ0n) is 11.3. The first-order valence-corrected chi connectivity index (χ1v) is 8.80. The number of halogens is 2. The molecule has 3 rings (SSSR count). The first-order chi connectivity index (χ1) is 9.67. The van der Waals surface area contributed by atoms with E-state index in [1.54, 1.807) is 0 Å². The van der Waals surface area contributed by atoms with Gasteiger partial charge in [0.2, 0.25) is 0 Å².